The highest BCUT2D eigenvalue weighted by Gasteiger charge is 2.26. The standard InChI is InChI=1S/C21H25NO3S2/c1-14-8-10-15(11-9-14)26-13-12-18(23)22-20-19(21(24)25-2)16-6-4-3-5-7-17(16)27-20/h8-11H,3-7,12-13H2,1-2H3,(H,22,23). The topological polar surface area (TPSA) is 55.4 Å². The van der Waals surface area contributed by atoms with E-state index in [4.69, 9.17) is 4.74 Å². The molecule has 0 saturated heterocycles. The number of hydrogen-bond donors (Lipinski definition) is 1. The molecule has 1 heterocycles. The van der Waals surface area contributed by atoms with Crippen LogP contribution >= 0.6 is 23.1 Å². The summed E-state index contributed by atoms with van der Waals surface area (Å²) in [6, 6.07) is 8.29. The molecule has 0 unspecified atom stereocenters. The molecule has 0 spiro atoms. The van der Waals surface area contributed by atoms with Gasteiger partial charge in [0.25, 0.3) is 0 Å². The molecule has 0 radical (unpaired) electrons. The van der Waals surface area contributed by atoms with Crippen molar-refractivity contribution in [1.82, 2.24) is 0 Å². The molecule has 1 aromatic heterocycles. The van der Waals surface area contributed by atoms with Crippen LogP contribution in [0.5, 0.6) is 0 Å². The summed E-state index contributed by atoms with van der Waals surface area (Å²) in [6.07, 6.45) is 5.66. The fourth-order valence-electron chi connectivity index (χ4n) is 3.23. The number of hydrogen-bond acceptors (Lipinski definition) is 5. The van der Waals surface area contributed by atoms with Gasteiger partial charge < -0.3 is 10.1 Å². The lowest BCUT2D eigenvalue weighted by Gasteiger charge is -2.07. The molecule has 1 aliphatic rings. The first-order chi connectivity index (χ1) is 13.1. The van der Waals surface area contributed by atoms with Crippen molar-refractivity contribution in [2.45, 2.75) is 50.3 Å². The van der Waals surface area contributed by atoms with Crippen LogP contribution in [-0.2, 0) is 22.4 Å². The lowest BCUT2D eigenvalue weighted by Crippen LogP contribution is -2.15. The van der Waals surface area contributed by atoms with Crippen LogP contribution in [0.4, 0.5) is 5.00 Å². The van der Waals surface area contributed by atoms with E-state index in [9.17, 15) is 9.59 Å². The lowest BCUT2D eigenvalue weighted by molar-refractivity contribution is -0.115. The number of methoxy groups -OCH3 is 1. The molecule has 1 amide bonds. The summed E-state index contributed by atoms with van der Waals surface area (Å²) in [7, 11) is 1.40. The second-order valence-corrected chi connectivity index (χ2v) is 8.99. The maximum absolute atomic E-state index is 12.4. The molecule has 1 aliphatic carbocycles. The van der Waals surface area contributed by atoms with Gasteiger partial charge in [0.2, 0.25) is 5.91 Å². The van der Waals surface area contributed by atoms with E-state index in [2.05, 4.69) is 36.5 Å². The monoisotopic (exact) mass is 403 g/mol. The van der Waals surface area contributed by atoms with Gasteiger partial charge in [0.05, 0.1) is 12.7 Å². The first-order valence-corrected chi connectivity index (χ1v) is 11.1. The summed E-state index contributed by atoms with van der Waals surface area (Å²) in [5.74, 6) is 0.294. The molecule has 2 aromatic rings. The Hall–Kier alpha value is -1.79. The summed E-state index contributed by atoms with van der Waals surface area (Å²) < 4.78 is 4.98. The van der Waals surface area contributed by atoms with Crippen molar-refractivity contribution in [3.05, 3.63) is 45.8 Å². The minimum atomic E-state index is -0.348. The number of aryl methyl sites for hydroxylation is 2. The lowest BCUT2D eigenvalue weighted by atomic mass is 10.1. The van der Waals surface area contributed by atoms with Crippen molar-refractivity contribution in [3.8, 4) is 0 Å². The third-order valence-electron chi connectivity index (χ3n) is 4.68. The van der Waals surface area contributed by atoms with Crippen LogP contribution in [0, 0.1) is 6.92 Å². The number of ether oxygens (including phenoxy) is 1. The van der Waals surface area contributed by atoms with Gasteiger partial charge in [-0.3, -0.25) is 4.79 Å². The van der Waals surface area contributed by atoms with Crippen LogP contribution in [0.15, 0.2) is 29.2 Å². The number of carbonyl (C=O) groups excluding carboxylic acids is 2. The third-order valence-corrected chi connectivity index (χ3v) is 6.90. The van der Waals surface area contributed by atoms with Crippen LogP contribution in [0.1, 0.15) is 52.0 Å². The second kappa shape index (κ2) is 9.42. The average Bonchev–Trinajstić information content (AvgIpc) is 2.83. The summed E-state index contributed by atoms with van der Waals surface area (Å²) in [4.78, 5) is 27.1. The number of fused-ring (bicyclic) bond motifs is 1. The third kappa shape index (κ3) is 5.14. The van der Waals surface area contributed by atoms with Crippen molar-refractivity contribution in [3.63, 3.8) is 0 Å². The second-order valence-electron chi connectivity index (χ2n) is 6.72. The summed E-state index contributed by atoms with van der Waals surface area (Å²) in [5, 5.41) is 3.62. The number of anilines is 1. The minimum absolute atomic E-state index is 0.0591. The Labute approximate surface area is 168 Å². The van der Waals surface area contributed by atoms with E-state index >= 15 is 0 Å². The zero-order chi connectivity index (χ0) is 19.2. The Morgan fingerprint density at radius 2 is 1.89 bits per heavy atom. The van der Waals surface area contributed by atoms with E-state index in [1.54, 1.807) is 11.8 Å². The Bertz CT molecular complexity index is 812. The van der Waals surface area contributed by atoms with Gasteiger partial charge in [-0.05, 0) is 50.3 Å². The largest absolute Gasteiger partial charge is 0.465 e. The Balaban J connectivity index is 1.64. The zero-order valence-electron chi connectivity index (χ0n) is 15.8. The molecular formula is C21H25NO3S2. The fourth-order valence-corrected chi connectivity index (χ4v) is 5.38. The van der Waals surface area contributed by atoms with Gasteiger partial charge in [-0.1, -0.05) is 24.1 Å². The molecule has 1 N–H and O–H groups in total. The van der Waals surface area contributed by atoms with E-state index in [1.807, 2.05) is 0 Å². The summed E-state index contributed by atoms with van der Waals surface area (Å²) in [5.41, 5.74) is 2.87. The Morgan fingerprint density at radius 1 is 1.15 bits per heavy atom. The van der Waals surface area contributed by atoms with Gasteiger partial charge >= 0.3 is 5.97 Å². The number of amides is 1. The van der Waals surface area contributed by atoms with Gasteiger partial charge in [0.15, 0.2) is 0 Å². The molecule has 4 nitrogen and oxygen atoms in total. The van der Waals surface area contributed by atoms with Crippen molar-refractivity contribution in [1.29, 1.82) is 0 Å². The van der Waals surface area contributed by atoms with Gasteiger partial charge in [0.1, 0.15) is 5.00 Å². The quantitative estimate of drug-likeness (QED) is 0.407. The van der Waals surface area contributed by atoms with E-state index in [-0.39, 0.29) is 11.9 Å². The predicted octanol–water partition coefficient (Wildman–Crippen LogP) is 5.23. The normalized spacial score (nSPS) is 13.6. The van der Waals surface area contributed by atoms with Crippen molar-refractivity contribution < 1.29 is 14.3 Å². The van der Waals surface area contributed by atoms with Crippen molar-refractivity contribution >= 4 is 40.0 Å². The van der Waals surface area contributed by atoms with Gasteiger partial charge in [-0.15, -0.1) is 23.1 Å². The van der Waals surface area contributed by atoms with E-state index in [1.165, 1.54) is 35.3 Å². The van der Waals surface area contributed by atoms with E-state index < -0.39 is 0 Å². The maximum atomic E-state index is 12.4. The molecule has 27 heavy (non-hydrogen) atoms. The summed E-state index contributed by atoms with van der Waals surface area (Å²) >= 11 is 3.20. The smallest absolute Gasteiger partial charge is 0.341 e. The van der Waals surface area contributed by atoms with Crippen molar-refractivity contribution in [2.75, 3.05) is 18.2 Å². The number of benzene rings is 1. The number of esters is 1. The van der Waals surface area contributed by atoms with Crippen LogP contribution in [-0.4, -0.2) is 24.7 Å². The van der Waals surface area contributed by atoms with E-state index in [0.717, 1.165) is 36.1 Å². The molecule has 144 valence electrons. The predicted molar refractivity (Wildman–Crippen MR) is 112 cm³/mol. The van der Waals surface area contributed by atoms with Gasteiger partial charge in [-0.25, -0.2) is 4.79 Å². The minimum Gasteiger partial charge on any atom is -0.465 e. The van der Waals surface area contributed by atoms with Crippen LogP contribution in [0.25, 0.3) is 0 Å². The molecule has 6 heteroatoms. The highest BCUT2D eigenvalue weighted by atomic mass is 32.2. The first-order valence-electron chi connectivity index (χ1n) is 9.30. The fraction of sp³-hybridized carbons (Fsp3) is 0.429. The molecule has 0 aliphatic heterocycles. The highest BCUT2D eigenvalue weighted by Crippen LogP contribution is 2.38. The Morgan fingerprint density at radius 3 is 2.63 bits per heavy atom. The molecular weight excluding hydrogens is 378 g/mol. The highest BCUT2D eigenvalue weighted by molar-refractivity contribution is 7.99. The van der Waals surface area contributed by atoms with Gasteiger partial charge in [0, 0.05) is 21.9 Å². The molecule has 0 bridgehead atoms. The van der Waals surface area contributed by atoms with E-state index in [0.29, 0.717) is 22.7 Å². The van der Waals surface area contributed by atoms with Gasteiger partial charge in [-0.2, -0.15) is 0 Å². The molecule has 1 aromatic carbocycles. The van der Waals surface area contributed by atoms with Crippen LogP contribution < -0.4 is 5.32 Å². The first kappa shape index (κ1) is 20.0. The molecule has 0 fully saturated rings. The van der Waals surface area contributed by atoms with Crippen molar-refractivity contribution in [2.24, 2.45) is 0 Å². The Kier molecular flexibility index (Phi) is 6.96. The molecule has 0 atom stereocenters. The van der Waals surface area contributed by atoms with Crippen LogP contribution in [0.2, 0.25) is 0 Å². The molecule has 0 saturated carbocycles. The number of nitrogens with one attached hydrogen (secondary N) is 1. The summed E-state index contributed by atoms with van der Waals surface area (Å²) in [6.45, 7) is 2.06. The number of thiophene rings is 1. The van der Waals surface area contributed by atoms with Crippen LogP contribution in [0.3, 0.4) is 0 Å². The zero-order valence-corrected chi connectivity index (χ0v) is 17.4. The number of rotatable bonds is 6. The maximum Gasteiger partial charge on any atom is 0.341 e. The molecule has 3 rings (SSSR count). The number of carbonyl (C=O) groups is 2. The number of thioether (sulfide) groups is 1. The average molecular weight is 404 g/mol. The SMILES string of the molecule is COC(=O)c1c(NC(=O)CCSc2ccc(C)cc2)sc2c1CCCCC2.